The molecule has 0 aliphatic heterocycles. The van der Waals surface area contributed by atoms with E-state index in [1.807, 2.05) is 0 Å². The minimum atomic E-state index is -9.61. The Balaban J connectivity index is 4.89. The number of rotatable bonds is 22. The number of halogens is 46. The van der Waals surface area contributed by atoms with Gasteiger partial charge in [-0.25, -0.2) is 0 Å². The Labute approximate surface area is 439 Å². The van der Waals surface area contributed by atoms with E-state index in [-0.39, 0.29) is 5.32 Å². The van der Waals surface area contributed by atoms with Crippen molar-refractivity contribution in [3.05, 3.63) is 23.3 Å². The van der Waals surface area contributed by atoms with Crippen LogP contribution in [0.3, 0.4) is 0 Å². The summed E-state index contributed by atoms with van der Waals surface area (Å²) in [7, 11) is -4.91. The lowest BCUT2D eigenvalue weighted by atomic mass is 9.73. The van der Waals surface area contributed by atoms with E-state index in [2.05, 4.69) is 0 Å². The van der Waals surface area contributed by atoms with Crippen LogP contribution in [0.1, 0.15) is 18.1 Å². The summed E-state index contributed by atoms with van der Waals surface area (Å²) in [5, 5.41) is 18.6. The molecule has 0 spiro atoms. The Hall–Kier alpha value is -4.79. The quantitative estimate of drug-likeness (QED) is 0.0769. The molecular weight excluding hydrogens is 1400 g/mol. The van der Waals surface area contributed by atoms with E-state index in [9.17, 15) is 182 Å². The third-order valence-electron chi connectivity index (χ3n) is 9.23. The third kappa shape index (κ3) is 13.5. The van der Waals surface area contributed by atoms with Crippen LogP contribution in [-0.2, 0) is 44.9 Å². The highest BCUT2D eigenvalue weighted by Crippen LogP contribution is 2.64. The number of carbonyl (C=O) groups is 1. The zero-order valence-electron chi connectivity index (χ0n) is 37.9. The van der Waals surface area contributed by atoms with Gasteiger partial charge in [-0.05, 0) is 5.46 Å². The summed E-state index contributed by atoms with van der Waals surface area (Å²) < 4.78 is 652. The molecule has 57 heteroatoms. The molecule has 0 saturated carbocycles. The number of ether oxygens (including phenoxy) is 6. The molecule has 0 radical (unpaired) electrons. The average molecular weight is 1410 g/mol. The van der Waals surface area contributed by atoms with Crippen molar-refractivity contribution in [3.63, 3.8) is 0 Å². The van der Waals surface area contributed by atoms with Crippen molar-refractivity contribution in [2.75, 3.05) is 5.32 Å². The highest BCUT2D eigenvalue weighted by molar-refractivity contribution is 6.59. The van der Waals surface area contributed by atoms with Crippen LogP contribution in [0.25, 0.3) is 0 Å². The fraction of sp³-hybridized carbons (Fsp3) is 0.767. The summed E-state index contributed by atoms with van der Waals surface area (Å²) >= 11 is 0. The SMILES string of the molecule is CC(=O)Nc1c(C(F)(OC(F)(F)C(F)(OC(F)(F)C(F)(OC(F)(F)C(F)(F)C(F)(F)F)C(F)(F)F)C(F)(F)F)C(F)(F)F)ccc(B(O)O)c1C(F)(OC(F)(F)C(F)(OC(F)(F)C(F)(OC(F)(F)C(F)(F)C(F)(F)F)C(F)(F)F)C(F)(F)F)C(F)(F)F. The Morgan fingerprint density at radius 1 is 0.333 bits per heavy atom. The smallest absolute Gasteiger partial charge is 0.423 e. The predicted octanol–water partition coefficient (Wildman–Crippen LogP) is 13.7. The zero-order chi connectivity index (χ0) is 70.8. The minimum Gasteiger partial charge on any atom is -0.423 e. The standard InChI is InChI=1S/C30H8BF46NO9/c1-4(79)78-8-5(9(32,17(42,43)44)82-27(70,71)13(38,21(54,55)56)86-29(74,75)15(40,23(60,61)62)84-25(66,67)11(34,35)19(48,49)50)2-3-6(31(80)81)7(8)10(33,18(45,46)47)83-28(72,73)14(39,22(57,58)59)87-30(76,77)16(41,24(63,64)65)85-26(68,69)12(36,37)20(51,52)53/h2-3,80-81H,1H3,(H,78,79). The molecular formula is C30H8BF46NO9. The maximum atomic E-state index is 16.5. The average Bonchev–Trinajstić information content (AvgIpc) is 0.819. The van der Waals surface area contributed by atoms with Gasteiger partial charge >= 0.3 is 140 Å². The van der Waals surface area contributed by atoms with Crippen molar-refractivity contribution in [1.82, 2.24) is 0 Å². The summed E-state index contributed by atoms with van der Waals surface area (Å²) in [6.45, 7) is -0.778. The number of benzene rings is 1. The summed E-state index contributed by atoms with van der Waals surface area (Å²) in [6.07, 6.45) is -126. The van der Waals surface area contributed by atoms with Crippen LogP contribution >= 0.6 is 0 Å². The number of alkyl halides is 46. The van der Waals surface area contributed by atoms with Gasteiger partial charge in [0, 0.05) is 18.1 Å². The van der Waals surface area contributed by atoms with E-state index in [4.69, 9.17) is 0 Å². The van der Waals surface area contributed by atoms with E-state index in [1.165, 1.54) is 0 Å². The van der Waals surface area contributed by atoms with Gasteiger partial charge in [-0.1, -0.05) is 12.1 Å². The number of anilines is 1. The molecule has 3 N–H and O–H groups in total. The normalized spacial score (nSPS) is 19.5. The van der Waals surface area contributed by atoms with E-state index >= 15 is 35.1 Å². The van der Waals surface area contributed by atoms with Gasteiger partial charge in [0.2, 0.25) is 5.91 Å². The first-order valence-corrected chi connectivity index (χ1v) is 18.8. The van der Waals surface area contributed by atoms with Crippen molar-refractivity contribution in [1.29, 1.82) is 0 Å². The molecule has 10 nitrogen and oxygen atoms in total. The second-order valence-electron chi connectivity index (χ2n) is 15.4. The van der Waals surface area contributed by atoms with Crippen molar-refractivity contribution in [3.8, 4) is 0 Å². The molecule has 87 heavy (non-hydrogen) atoms. The van der Waals surface area contributed by atoms with Gasteiger partial charge in [0.1, 0.15) is 0 Å². The first-order chi connectivity index (χ1) is 37.1. The van der Waals surface area contributed by atoms with Crippen molar-refractivity contribution >= 4 is 24.2 Å². The van der Waals surface area contributed by atoms with Gasteiger partial charge in [-0.3, -0.25) is 33.2 Å². The Morgan fingerprint density at radius 2 is 0.563 bits per heavy atom. The second-order valence-corrected chi connectivity index (χ2v) is 15.4. The lowest BCUT2D eigenvalue weighted by Gasteiger charge is -2.44. The summed E-state index contributed by atoms with van der Waals surface area (Å²) in [5.74, 6) is -75.6. The van der Waals surface area contributed by atoms with Crippen LogP contribution < -0.4 is 10.8 Å². The van der Waals surface area contributed by atoms with Crippen LogP contribution in [0.5, 0.6) is 0 Å². The maximum Gasteiger partial charge on any atom is 0.489 e. The lowest BCUT2D eigenvalue weighted by molar-refractivity contribution is -0.580. The molecule has 1 aromatic rings. The number of carbonyl (C=O) groups excluding carboxylic acids is 1. The van der Waals surface area contributed by atoms with Crippen LogP contribution in [0.2, 0.25) is 0 Å². The fourth-order valence-corrected chi connectivity index (χ4v) is 5.18. The number of hydrogen-bond acceptors (Lipinski definition) is 9. The van der Waals surface area contributed by atoms with Gasteiger partial charge in [0.25, 0.3) is 0 Å². The fourth-order valence-electron chi connectivity index (χ4n) is 5.18. The van der Waals surface area contributed by atoms with Crippen LogP contribution in [0, 0.1) is 0 Å². The molecule has 0 saturated heterocycles. The van der Waals surface area contributed by atoms with Crippen LogP contribution in [0.4, 0.5) is 208 Å². The second kappa shape index (κ2) is 22.0. The summed E-state index contributed by atoms with van der Waals surface area (Å²) in [4.78, 5) is 11.9. The largest absolute Gasteiger partial charge is 0.489 e. The number of amides is 1. The van der Waals surface area contributed by atoms with E-state index < -0.39 is 187 Å². The monoisotopic (exact) mass is 1410 g/mol. The molecule has 1 aromatic carbocycles. The van der Waals surface area contributed by atoms with Crippen molar-refractivity contribution in [2.45, 2.75) is 140 Å². The van der Waals surface area contributed by atoms with Gasteiger partial charge in [-0.2, -0.15) is 202 Å². The highest BCUT2D eigenvalue weighted by Gasteiger charge is 2.91. The zero-order valence-corrected chi connectivity index (χ0v) is 37.9. The Kier molecular flexibility index (Phi) is 20.3. The molecule has 1 rings (SSSR count). The van der Waals surface area contributed by atoms with Gasteiger partial charge in [0.05, 0.1) is 5.69 Å². The number of nitrogens with one attached hydrogen (secondary N) is 1. The topological polar surface area (TPSA) is 125 Å². The van der Waals surface area contributed by atoms with Gasteiger partial charge in [-0.15, -0.1) is 0 Å². The molecule has 0 aliphatic carbocycles. The molecule has 6 atom stereocenters. The van der Waals surface area contributed by atoms with E-state index in [0.717, 1.165) is 18.9 Å². The van der Waals surface area contributed by atoms with Gasteiger partial charge < -0.3 is 15.4 Å². The molecule has 0 heterocycles. The molecule has 6 unspecified atom stereocenters. The highest BCUT2D eigenvalue weighted by atomic mass is 19.5. The summed E-state index contributed by atoms with van der Waals surface area (Å²) in [6, 6.07) is -3.80. The molecule has 0 fully saturated rings. The van der Waals surface area contributed by atoms with Crippen LogP contribution in [-0.4, -0.2) is 144 Å². The maximum absolute atomic E-state index is 16.5. The van der Waals surface area contributed by atoms with Crippen LogP contribution in [0.15, 0.2) is 12.1 Å². The molecule has 0 aromatic heterocycles. The van der Waals surface area contributed by atoms with Gasteiger partial charge in [0.15, 0.2) is 0 Å². The predicted molar refractivity (Wildman–Crippen MR) is 166 cm³/mol. The third-order valence-corrected chi connectivity index (χ3v) is 9.23. The first kappa shape index (κ1) is 80.2. The van der Waals surface area contributed by atoms with E-state index in [0.29, 0.717) is 0 Å². The lowest BCUT2D eigenvalue weighted by Crippen LogP contribution is -2.70. The Bertz CT molecular complexity index is 2620. The molecule has 1 amide bonds. The summed E-state index contributed by atoms with van der Waals surface area (Å²) in [5.41, 5.74) is -17.8. The molecule has 512 valence electrons. The molecule has 0 aliphatic rings. The number of hydrogen-bond donors (Lipinski definition) is 3. The van der Waals surface area contributed by atoms with Crippen molar-refractivity contribution in [2.24, 2.45) is 0 Å². The minimum absolute atomic E-state index is 0.292. The Morgan fingerprint density at radius 3 is 0.770 bits per heavy atom. The van der Waals surface area contributed by atoms with Crippen molar-refractivity contribution < 1.29 is 245 Å². The first-order valence-electron chi connectivity index (χ1n) is 18.8. The van der Waals surface area contributed by atoms with E-state index in [1.54, 1.807) is 9.47 Å². The molecule has 0 bridgehead atoms.